The minimum atomic E-state index is -0.512. The topological polar surface area (TPSA) is 90.0 Å². The van der Waals surface area contributed by atoms with Crippen LogP contribution in [0.5, 0.6) is 5.88 Å². The molecule has 0 radical (unpaired) electrons. The number of rotatable bonds is 6. The first kappa shape index (κ1) is 21.0. The van der Waals surface area contributed by atoms with E-state index in [1.165, 1.54) is 0 Å². The van der Waals surface area contributed by atoms with Gasteiger partial charge in [-0.2, -0.15) is 0 Å². The lowest BCUT2D eigenvalue weighted by Crippen LogP contribution is -2.47. The molecule has 0 saturated carbocycles. The molecule has 1 fully saturated rings. The fourth-order valence-electron chi connectivity index (χ4n) is 2.70. The van der Waals surface area contributed by atoms with Gasteiger partial charge in [-0.15, -0.1) is 0 Å². The lowest BCUT2D eigenvalue weighted by atomic mass is 10.0. The largest absolute Gasteiger partial charge is 0.475 e. The van der Waals surface area contributed by atoms with Crippen LogP contribution in [0.4, 0.5) is 4.79 Å². The van der Waals surface area contributed by atoms with Gasteiger partial charge in [-0.05, 0) is 45.7 Å². The van der Waals surface area contributed by atoms with Crippen molar-refractivity contribution in [2.24, 2.45) is 0 Å². The van der Waals surface area contributed by atoms with Crippen molar-refractivity contribution >= 4 is 12.0 Å². The molecule has 1 N–H and O–H groups in total. The molecule has 2 rings (SSSR count). The number of carbonyl (C=O) groups is 2. The summed E-state index contributed by atoms with van der Waals surface area (Å²) in [6.45, 7) is 7.37. The Morgan fingerprint density at radius 3 is 2.59 bits per heavy atom. The third kappa shape index (κ3) is 6.71. The lowest BCUT2D eigenvalue weighted by Gasteiger charge is -2.33. The van der Waals surface area contributed by atoms with E-state index in [1.54, 1.807) is 30.3 Å². The molecule has 8 heteroatoms. The van der Waals surface area contributed by atoms with E-state index in [1.807, 2.05) is 20.8 Å². The first-order chi connectivity index (χ1) is 12.8. The Labute approximate surface area is 160 Å². The van der Waals surface area contributed by atoms with Gasteiger partial charge in [0.15, 0.2) is 0 Å². The van der Waals surface area contributed by atoms with E-state index in [2.05, 4.69) is 10.3 Å². The van der Waals surface area contributed by atoms with E-state index < -0.39 is 5.60 Å². The van der Waals surface area contributed by atoms with Gasteiger partial charge in [-0.3, -0.25) is 4.79 Å². The van der Waals surface area contributed by atoms with Crippen molar-refractivity contribution in [3.05, 3.63) is 23.9 Å². The highest BCUT2D eigenvalue weighted by molar-refractivity contribution is 5.96. The fraction of sp³-hybridized carbons (Fsp3) is 0.632. The number of likely N-dealkylation sites (tertiary alicyclic amines) is 1. The van der Waals surface area contributed by atoms with E-state index >= 15 is 0 Å². The summed E-state index contributed by atoms with van der Waals surface area (Å²) in [6, 6.07) is 3.37. The van der Waals surface area contributed by atoms with E-state index in [0.717, 1.165) is 0 Å². The molecule has 1 aromatic heterocycles. The van der Waals surface area contributed by atoms with E-state index in [-0.39, 0.29) is 18.0 Å². The average Bonchev–Trinajstić information content (AvgIpc) is 2.61. The maximum atomic E-state index is 12.6. The van der Waals surface area contributed by atoms with Crippen molar-refractivity contribution in [1.82, 2.24) is 15.2 Å². The summed E-state index contributed by atoms with van der Waals surface area (Å²) < 4.78 is 15.9. The van der Waals surface area contributed by atoms with Crippen molar-refractivity contribution < 1.29 is 23.8 Å². The first-order valence-corrected chi connectivity index (χ1v) is 9.15. The number of nitrogens with one attached hydrogen (secondary N) is 1. The number of piperidine rings is 1. The summed E-state index contributed by atoms with van der Waals surface area (Å²) in [4.78, 5) is 30.5. The maximum absolute atomic E-state index is 12.6. The molecule has 27 heavy (non-hydrogen) atoms. The lowest BCUT2D eigenvalue weighted by molar-refractivity contribution is 0.0199. The van der Waals surface area contributed by atoms with Crippen LogP contribution < -0.4 is 10.1 Å². The highest BCUT2D eigenvalue weighted by Crippen LogP contribution is 2.18. The molecular formula is C19H29N3O5. The zero-order chi connectivity index (χ0) is 19.9. The van der Waals surface area contributed by atoms with Crippen LogP contribution in [0.15, 0.2) is 18.3 Å². The third-order valence-corrected chi connectivity index (χ3v) is 4.02. The maximum Gasteiger partial charge on any atom is 0.410 e. The Kier molecular flexibility index (Phi) is 7.41. The number of ether oxygens (including phenoxy) is 3. The van der Waals surface area contributed by atoms with Gasteiger partial charge in [0.25, 0.3) is 5.91 Å². The molecule has 0 bridgehead atoms. The van der Waals surface area contributed by atoms with E-state index in [9.17, 15) is 9.59 Å². The van der Waals surface area contributed by atoms with Gasteiger partial charge in [0, 0.05) is 32.4 Å². The highest BCUT2D eigenvalue weighted by atomic mass is 16.6. The molecule has 1 saturated heterocycles. The summed E-state index contributed by atoms with van der Waals surface area (Å²) in [5.74, 6) is 0.0597. The molecule has 150 valence electrons. The molecule has 0 spiro atoms. The molecule has 1 aliphatic rings. The number of hydrogen-bond acceptors (Lipinski definition) is 6. The predicted molar refractivity (Wildman–Crippen MR) is 99.9 cm³/mol. The van der Waals surface area contributed by atoms with Crippen LogP contribution in [0.25, 0.3) is 0 Å². The number of aromatic nitrogens is 1. The molecule has 0 aliphatic carbocycles. The molecule has 0 atom stereocenters. The number of carbonyl (C=O) groups excluding carboxylic acids is 2. The minimum absolute atomic E-state index is 0.0109. The molecule has 0 aromatic carbocycles. The normalized spacial score (nSPS) is 15.3. The monoisotopic (exact) mass is 379 g/mol. The van der Waals surface area contributed by atoms with Crippen LogP contribution in [-0.2, 0) is 9.47 Å². The smallest absolute Gasteiger partial charge is 0.410 e. The molecular weight excluding hydrogens is 350 g/mol. The number of amides is 2. The second-order valence-corrected chi connectivity index (χ2v) is 7.41. The Morgan fingerprint density at radius 2 is 1.96 bits per heavy atom. The second kappa shape index (κ2) is 9.55. The predicted octanol–water partition coefficient (Wildman–Crippen LogP) is 2.24. The van der Waals surface area contributed by atoms with Crippen LogP contribution in [0, 0.1) is 0 Å². The van der Waals surface area contributed by atoms with Gasteiger partial charge < -0.3 is 24.4 Å². The molecule has 1 aliphatic heterocycles. The molecule has 2 amide bonds. The molecule has 1 aromatic rings. The van der Waals surface area contributed by atoms with Crippen LogP contribution in [-0.4, -0.2) is 66.9 Å². The summed E-state index contributed by atoms with van der Waals surface area (Å²) >= 11 is 0. The average molecular weight is 379 g/mol. The van der Waals surface area contributed by atoms with E-state index in [4.69, 9.17) is 14.2 Å². The van der Waals surface area contributed by atoms with Crippen LogP contribution in [0.1, 0.15) is 44.0 Å². The second-order valence-electron chi connectivity index (χ2n) is 7.41. The van der Waals surface area contributed by atoms with Gasteiger partial charge in [0.05, 0.1) is 6.61 Å². The summed E-state index contributed by atoms with van der Waals surface area (Å²) in [5.41, 5.74) is -0.120. The summed E-state index contributed by atoms with van der Waals surface area (Å²) in [6.07, 6.45) is 2.61. The number of nitrogens with zero attached hydrogens (tertiary/aromatic N) is 2. The first-order valence-electron chi connectivity index (χ1n) is 9.15. The fourth-order valence-corrected chi connectivity index (χ4v) is 2.70. The van der Waals surface area contributed by atoms with Crippen molar-refractivity contribution in [3.63, 3.8) is 0 Å². The molecule has 2 heterocycles. The quantitative estimate of drug-likeness (QED) is 0.763. The van der Waals surface area contributed by atoms with Gasteiger partial charge in [0.2, 0.25) is 5.88 Å². The van der Waals surface area contributed by atoms with Gasteiger partial charge >= 0.3 is 6.09 Å². The van der Waals surface area contributed by atoms with Crippen molar-refractivity contribution in [2.75, 3.05) is 33.4 Å². The SMILES string of the molecule is COCCOc1ncccc1C(=O)NC1CCN(C(=O)OC(C)(C)C)CC1. The molecule has 8 nitrogen and oxygen atoms in total. The molecule has 0 unspecified atom stereocenters. The third-order valence-electron chi connectivity index (χ3n) is 4.02. The van der Waals surface area contributed by atoms with Crippen molar-refractivity contribution in [3.8, 4) is 5.88 Å². The number of methoxy groups -OCH3 is 1. The van der Waals surface area contributed by atoms with Crippen LogP contribution in [0.2, 0.25) is 0 Å². The van der Waals surface area contributed by atoms with E-state index in [0.29, 0.717) is 50.6 Å². The highest BCUT2D eigenvalue weighted by Gasteiger charge is 2.28. The van der Waals surface area contributed by atoms with Crippen LogP contribution >= 0.6 is 0 Å². The standard InChI is InChI=1S/C19H29N3O5/c1-19(2,3)27-18(24)22-10-7-14(8-11-22)21-16(23)15-6-5-9-20-17(15)26-13-12-25-4/h5-6,9,14H,7-8,10-13H2,1-4H3,(H,21,23). The summed E-state index contributed by atoms with van der Waals surface area (Å²) in [5, 5.41) is 3.00. The zero-order valence-corrected chi connectivity index (χ0v) is 16.5. The van der Waals surface area contributed by atoms with Gasteiger partial charge in [-0.1, -0.05) is 0 Å². The van der Waals surface area contributed by atoms with Crippen molar-refractivity contribution in [2.45, 2.75) is 45.3 Å². The Hall–Kier alpha value is -2.35. The van der Waals surface area contributed by atoms with Gasteiger partial charge in [0.1, 0.15) is 17.8 Å². The van der Waals surface area contributed by atoms with Gasteiger partial charge in [-0.25, -0.2) is 9.78 Å². The number of pyridine rings is 1. The Bertz CT molecular complexity index is 636. The Balaban J connectivity index is 1.87. The number of hydrogen-bond donors (Lipinski definition) is 1. The summed E-state index contributed by atoms with van der Waals surface area (Å²) in [7, 11) is 1.58. The van der Waals surface area contributed by atoms with Crippen LogP contribution in [0.3, 0.4) is 0 Å². The minimum Gasteiger partial charge on any atom is -0.475 e. The Morgan fingerprint density at radius 1 is 1.26 bits per heavy atom. The zero-order valence-electron chi connectivity index (χ0n) is 16.5. The van der Waals surface area contributed by atoms with Crippen molar-refractivity contribution in [1.29, 1.82) is 0 Å².